The lowest BCUT2D eigenvalue weighted by Gasteiger charge is -2.41. The van der Waals surface area contributed by atoms with Gasteiger partial charge >= 0.3 is 0 Å². The van der Waals surface area contributed by atoms with Crippen LogP contribution in [-0.4, -0.2) is 61.5 Å². The largest absolute Gasteiger partial charge is 0.441 e. The molecule has 4 rings (SSSR count). The fraction of sp³-hybridized carbons (Fsp3) is 0.550. The first-order valence-electron chi connectivity index (χ1n) is 9.32. The van der Waals surface area contributed by atoms with Gasteiger partial charge in [0, 0.05) is 38.3 Å². The zero-order valence-electron chi connectivity index (χ0n) is 15.6. The highest BCUT2D eigenvalue weighted by Gasteiger charge is 2.38. The van der Waals surface area contributed by atoms with E-state index in [4.69, 9.17) is 18.9 Å². The number of aryl methyl sites for hydroxylation is 2. The Labute approximate surface area is 154 Å². The van der Waals surface area contributed by atoms with E-state index in [1.807, 2.05) is 19.1 Å². The Balaban J connectivity index is 1.49. The van der Waals surface area contributed by atoms with Gasteiger partial charge in [-0.2, -0.15) is 0 Å². The molecule has 1 spiro atoms. The zero-order chi connectivity index (χ0) is 18.0. The second-order valence-electron chi connectivity index (χ2n) is 7.31. The smallest absolute Gasteiger partial charge is 0.226 e. The van der Waals surface area contributed by atoms with Crippen molar-refractivity contribution >= 4 is 0 Å². The van der Waals surface area contributed by atoms with Crippen LogP contribution in [0.5, 0.6) is 0 Å². The number of morpholine rings is 1. The molecule has 6 heteroatoms. The fourth-order valence-corrected chi connectivity index (χ4v) is 3.74. The summed E-state index contributed by atoms with van der Waals surface area (Å²) in [6.45, 7) is 10.4. The van der Waals surface area contributed by atoms with Gasteiger partial charge in [-0.1, -0.05) is 18.2 Å². The highest BCUT2D eigenvalue weighted by molar-refractivity contribution is 5.58. The van der Waals surface area contributed by atoms with Crippen LogP contribution in [0.1, 0.15) is 17.0 Å². The Morgan fingerprint density at radius 3 is 3.00 bits per heavy atom. The Kier molecular flexibility index (Phi) is 5.09. The number of hydrogen-bond acceptors (Lipinski definition) is 6. The second-order valence-corrected chi connectivity index (χ2v) is 7.31. The summed E-state index contributed by atoms with van der Waals surface area (Å²) in [6, 6.07) is 8.19. The molecule has 2 aliphatic heterocycles. The van der Waals surface area contributed by atoms with Crippen LogP contribution in [0.15, 0.2) is 28.7 Å². The van der Waals surface area contributed by atoms with Crippen molar-refractivity contribution in [3.8, 4) is 11.5 Å². The average molecular weight is 357 g/mol. The van der Waals surface area contributed by atoms with Gasteiger partial charge in [-0.15, -0.1) is 0 Å². The number of nitrogens with one attached hydrogen (secondary N) is 1. The lowest BCUT2D eigenvalue weighted by atomic mass is 10.0. The van der Waals surface area contributed by atoms with E-state index in [1.165, 1.54) is 5.56 Å². The first kappa shape index (κ1) is 17.7. The molecule has 0 aliphatic carbocycles. The second kappa shape index (κ2) is 7.48. The van der Waals surface area contributed by atoms with Crippen LogP contribution in [0, 0.1) is 13.8 Å². The number of rotatable bonds is 3. The Morgan fingerprint density at radius 2 is 2.12 bits per heavy atom. The van der Waals surface area contributed by atoms with E-state index >= 15 is 0 Å². The number of hydrogen-bond donors (Lipinski definition) is 1. The molecule has 26 heavy (non-hydrogen) atoms. The van der Waals surface area contributed by atoms with Gasteiger partial charge in [0.15, 0.2) is 0 Å². The molecule has 2 saturated heterocycles. The number of ether oxygens (including phenoxy) is 2. The molecule has 2 aliphatic rings. The van der Waals surface area contributed by atoms with Gasteiger partial charge in [0.05, 0.1) is 25.5 Å². The van der Waals surface area contributed by atoms with Crippen LogP contribution >= 0.6 is 0 Å². The predicted octanol–water partition coefficient (Wildman–Crippen LogP) is 2.15. The number of nitrogens with zero attached hydrogens (tertiary/aromatic N) is 2. The molecule has 2 aromatic rings. The predicted molar refractivity (Wildman–Crippen MR) is 99.1 cm³/mol. The van der Waals surface area contributed by atoms with Crippen molar-refractivity contribution in [1.82, 2.24) is 15.2 Å². The van der Waals surface area contributed by atoms with Crippen molar-refractivity contribution in [3.05, 3.63) is 41.3 Å². The molecule has 1 aromatic carbocycles. The number of aromatic nitrogens is 1. The molecular weight excluding hydrogens is 330 g/mol. The van der Waals surface area contributed by atoms with Crippen LogP contribution in [0.2, 0.25) is 0 Å². The molecule has 0 amide bonds. The molecule has 0 saturated carbocycles. The third-order valence-electron chi connectivity index (χ3n) is 5.20. The standard InChI is InChI=1S/C20H27N3O3/c1-15-5-3-4-6-17(15)19-22-18(16(2)26-19)11-23-8-10-25-20(13-23)12-21-7-9-24-14-20/h3-6,21H,7-14H2,1-2H3/t20-/m1/s1. The molecule has 1 aromatic heterocycles. The number of benzene rings is 1. The van der Waals surface area contributed by atoms with Crippen LogP contribution in [0.4, 0.5) is 0 Å². The summed E-state index contributed by atoms with van der Waals surface area (Å²) in [4.78, 5) is 7.19. The van der Waals surface area contributed by atoms with Crippen LogP contribution < -0.4 is 5.32 Å². The monoisotopic (exact) mass is 357 g/mol. The molecule has 0 unspecified atom stereocenters. The maximum Gasteiger partial charge on any atom is 0.226 e. The van der Waals surface area contributed by atoms with Gasteiger partial charge < -0.3 is 19.2 Å². The summed E-state index contributed by atoms with van der Waals surface area (Å²) >= 11 is 0. The Hall–Kier alpha value is -1.73. The SMILES string of the molecule is Cc1ccccc1-c1nc(CN2CCO[C@]3(CNCCOC3)C2)c(C)o1. The van der Waals surface area contributed by atoms with Gasteiger partial charge in [-0.3, -0.25) is 4.90 Å². The van der Waals surface area contributed by atoms with E-state index in [2.05, 4.69) is 29.3 Å². The van der Waals surface area contributed by atoms with E-state index in [9.17, 15) is 0 Å². The van der Waals surface area contributed by atoms with Gasteiger partial charge in [0.25, 0.3) is 0 Å². The molecule has 1 N–H and O–H groups in total. The number of oxazole rings is 1. The average Bonchev–Trinajstić information content (AvgIpc) is 2.85. The summed E-state index contributed by atoms with van der Waals surface area (Å²) in [6.07, 6.45) is 0. The van der Waals surface area contributed by atoms with Gasteiger partial charge in [-0.25, -0.2) is 4.98 Å². The van der Waals surface area contributed by atoms with Gasteiger partial charge in [0.2, 0.25) is 5.89 Å². The van der Waals surface area contributed by atoms with Crippen LogP contribution in [0.3, 0.4) is 0 Å². The third kappa shape index (κ3) is 3.69. The van der Waals surface area contributed by atoms with Crippen molar-refractivity contribution in [2.45, 2.75) is 26.0 Å². The van der Waals surface area contributed by atoms with Crippen LogP contribution in [0.25, 0.3) is 11.5 Å². The Morgan fingerprint density at radius 1 is 1.23 bits per heavy atom. The van der Waals surface area contributed by atoms with E-state index in [-0.39, 0.29) is 5.60 Å². The molecular formula is C20H27N3O3. The normalized spacial score (nSPS) is 24.7. The van der Waals surface area contributed by atoms with Crippen molar-refractivity contribution in [2.24, 2.45) is 0 Å². The van der Waals surface area contributed by atoms with E-state index in [0.29, 0.717) is 19.1 Å². The quantitative estimate of drug-likeness (QED) is 0.908. The molecule has 0 radical (unpaired) electrons. The van der Waals surface area contributed by atoms with Gasteiger partial charge in [0.1, 0.15) is 11.4 Å². The van der Waals surface area contributed by atoms with Crippen molar-refractivity contribution in [1.29, 1.82) is 0 Å². The lowest BCUT2D eigenvalue weighted by molar-refractivity contribution is -0.135. The van der Waals surface area contributed by atoms with Crippen molar-refractivity contribution < 1.29 is 13.9 Å². The summed E-state index contributed by atoms with van der Waals surface area (Å²) < 4.78 is 17.8. The zero-order valence-corrected chi connectivity index (χ0v) is 15.6. The summed E-state index contributed by atoms with van der Waals surface area (Å²) in [5.41, 5.74) is 2.97. The third-order valence-corrected chi connectivity index (χ3v) is 5.20. The minimum atomic E-state index is -0.259. The molecule has 3 heterocycles. The summed E-state index contributed by atoms with van der Waals surface area (Å²) in [5, 5.41) is 3.42. The maximum absolute atomic E-state index is 6.10. The van der Waals surface area contributed by atoms with Crippen molar-refractivity contribution in [3.63, 3.8) is 0 Å². The summed E-state index contributed by atoms with van der Waals surface area (Å²) in [7, 11) is 0. The van der Waals surface area contributed by atoms with E-state index < -0.39 is 0 Å². The minimum Gasteiger partial charge on any atom is -0.441 e. The topological polar surface area (TPSA) is 59.8 Å². The van der Waals surface area contributed by atoms with E-state index in [0.717, 1.165) is 56.3 Å². The molecule has 1 atom stereocenters. The molecule has 6 nitrogen and oxygen atoms in total. The first-order valence-corrected chi connectivity index (χ1v) is 9.32. The fourth-order valence-electron chi connectivity index (χ4n) is 3.74. The van der Waals surface area contributed by atoms with E-state index in [1.54, 1.807) is 0 Å². The molecule has 2 fully saturated rings. The Bertz CT molecular complexity index is 751. The van der Waals surface area contributed by atoms with Crippen molar-refractivity contribution in [2.75, 3.05) is 46.0 Å². The van der Waals surface area contributed by atoms with Crippen LogP contribution in [-0.2, 0) is 16.0 Å². The highest BCUT2D eigenvalue weighted by atomic mass is 16.5. The molecule has 0 bridgehead atoms. The minimum absolute atomic E-state index is 0.259. The first-order chi connectivity index (χ1) is 12.7. The van der Waals surface area contributed by atoms with Gasteiger partial charge in [-0.05, 0) is 25.5 Å². The maximum atomic E-state index is 6.10. The highest BCUT2D eigenvalue weighted by Crippen LogP contribution is 2.27. The summed E-state index contributed by atoms with van der Waals surface area (Å²) in [5.74, 6) is 1.59. The molecule has 140 valence electrons. The lowest BCUT2D eigenvalue weighted by Crippen LogP contribution is -2.57.